The van der Waals surface area contributed by atoms with Crippen molar-refractivity contribution in [2.24, 2.45) is 0 Å². The monoisotopic (exact) mass is 282 g/mol. The van der Waals surface area contributed by atoms with Crippen LogP contribution in [0.1, 0.15) is 30.9 Å². The van der Waals surface area contributed by atoms with Crippen molar-refractivity contribution in [3.05, 3.63) is 35.4 Å². The van der Waals surface area contributed by atoms with Gasteiger partial charge in [-0.15, -0.1) is 0 Å². The molecule has 1 aliphatic rings. The Morgan fingerprint density at radius 2 is 2.05 bits per heavy atom. The number of fused-ring (bicyclic) bond motifs is 1. The van der Waals surface area contributed by atoms with Gasteiger partial charge in [0.1, 0.15) is 0 Å². The van der Waals surface area contributed by atoms with E-state index < -0.39 is 10.0 Å². The van der Waals surface area contributed by atoms with Gasteiger partial charge in [-0.3, -0.25) is 0 Å². The molecule has 0 aliphatic heterocycles. The molecule has 4 nitrogen and oxygen atoms in total. The summed E-state index contributed by atoms with van der Waals surface area (Å²) in [6.07, 6.45) is 0.975. The topological polar surface area (TPSA) is 58.2 Å². The standard InChI is InChI=1S/C14H22N2O2S/c1-11(2)15-7-8-19(17,18)16-10-13-9-12-5-3-4-6-14(12)13/h3-6,11,13,15-16H,7-10H2,1-2H3. The second-order valence-corrected chi connectivity index (χ2v) is 7.30. The van der Waals surface area contributed by atoms with E-state index in [2.05, 4.69) is 22.2 Å². The number of hydrogen-bond donors (Lipinski definition) is 2. The maximum atomic E-state index is 11.8. The van der Waals surface area contributed by atoms with Crippen LogP contribution in [0, 0.1) is 0 Å². The molecule has 2 N–H and O–H groups in total. The lowest BCUT2D eigenvalue weighted by atomic mass is 9.78. The third kappa shape index (κ3) is 4.03. The summed E-state index contributed by atoms with van der Waals surface area (Å²) in [7, 11) is -3.16. The van der Waals surface area contributed by atoms with Crippen molar-refractivity contribution in [1.82, 2.24) is 10.0 Å². The lowest BCUT2D eigenvalue weighted by molar-refractivity contribution is 0.545. The zero-order valence-electron chi connectivity index (χ0n) is 11.5. The van der Waals surface area contributed by atoms with Gasteiger partial charge in [0.05, 0.1) is 5.75 Å². The number of hydrogen-bond acceptors (Lipinski definition) is 3. The van der Waals surface area contributed by atoms with E-state index in [4.69, 9.17) is 0 Å². The highest BCUT2D eigenvalue weighted by Gasteiger charge is 2.26. The molecule has 1 aliphatic carbocycles. The molecule has 0 bridgehead atoms. The molecule has 106 valence electrons. The highest BCUT2D eigenvalue weighted by atomic mass is 32.2. The molecule has 5 heteroatoms. The van der Waals surface area contributed by atoms with E-state index in [1.807, 2.05) is 26.0 Å². The van der Waals surface area contributed by atoms with Crippen molar-refractivity contribution in [1.29, 1.82) is 0 Å². The number of rotatable bonds is 7. The normalized spacial score (nSPS) is 18.2. The number of nitrogens with one attached hydrogen (secondary N) is 2. The van der Waals surface area contributed by atoms with Crippen LogP contribution in [-0.4, -0.2) is 33.3 Å². The minimum atomic E-state index is -3.16. The van der Waals surface area contributed by atoms with Crippen molar-refractivity contribution in [3.8, 4) is 0 Å². The van der Waals surface area contributed by atoms with Crippen molar-refractivity contribution in [2.75, 3.05) is 18.8 Å². The van der Waals surface area contributed by atoms with Gasteiger partial charge < -0.3 is 5.32 Å². The summed E-state index contributed by atoms with van der Waals surface area (Å²) in [5, 5.41) is 3.11. The fraction of sp³-hybridized carbons (Fsp3) is 0.571. The predicted octanol–water partition coefficient (Wildman–Crippen LogP) is 1.24. The predicted molar refractivity (Wildman–Crippen MR) is 77.8 cm³/mol. The molecule has 0 saturated heterocycles. The SMILES string of the molecule is CC(C)NCCS(=O)(=O)NCC1Cc2ccccc21. The molecule has 0 heterocycles. The van der Waals surface area contributed by atoms with Crippen LogP contribution < -0.4 is 10.0 Å². The van der Waals surface area contributed by atoms with Gasteiger partial charge in [-0.25, -0.2) is 13.1 Å². The molecule has 19 heavy (non-hydrogen) atoms. The Kier molecular flexibility index (Phi) is 4.60. The van der Waals surface area contributed by atoms with E-state index in [0.717, 1.165) is 6.42 Å². The van der Waals surface area contributed by atoms with Crippen LogP contribution in [0.3, 0.4) is 0 Å². The van der Waals surface area contributed by atoms with Gasteiger partial charge in [0, 0.05) is 25.0 Å². The second kappa shape index (κ2) is 6.03. The summed E-state index contributed by atoms with van der Waals surface area (Å²) in [5.41, 5.74) is 2.62. The zero-order chi connectivity index (χ0) is 13.9. The van der Waals surface area contributed by atoms with Crippen LogP contribution in [0.4, 0.5) is 0 Å². The van der Waals surface area contributed by atoms with Gasteiger partial charge in [-0.05, 0) is 17.5 Å². The van der Waals surface area contributed by atoms with Crippen LogP contribution in [0.5, 0.6) is 0 Å². The summed E-state index contributed by atoms with van der Waals surface area (Å²) in [6, 6.07) is 8.53. The molecule has 0 amide bonds. The molecular formula is C14H22N2O2S. The first-order valence-corrected chi connectivity index (χ1v) is 8.41. The van der Waals surface area contributed by atoms with Crippen LogP contribution >= 0.6 is 0 Å². The molecule has 0 radical (unpaired) electrons. The number of sulfonamides is 1. The minimum absolute atomic E-state index is 0.138. The third-order valence-corrected chi connectivity index (χ3v) is 4.78. The molecule has 2 rings (SSSR count). The first-order valence-electron chi connectivity index (χ1n) is 6.76. The minimum Gasteiger partial charge on any atom is -0.313 e. The molecule has 0 saturated carbocycles. The van der Waals surface area contributed by atoms with Crippen LogP contribution in [0.25, 0.3) is 0 Å². The fourth-order valence-corrected chi connectivity index (χ4v) is 3.31. The lowest BCUT2D eigenvalue weighted by Gasteiger charge is -2.30. The lowest BCUT2D eigenvalue weighted by Crippen LogP contribution is -2.38. The quantitative estimate of drug-likeness (QED) is 0.791. The Labute approximate surface area is 115 Å². The Morgan fingerprint density at radius 1 is 1.32 bits per heavy atom. The van der Waals surface area contributed by atoms with E-state index in [1.54, 1.807) is 0 Å². The molecule has 1 unspecified atom stereocenters. The highest BCUT2D eigenvalue weighted by molar-refractivity contribution is 7.89. The molecule has 0 spiro atoms. The average Bonchev–Trinajstić information content (AvgIpc) is 2.29. The van der Waals surface area contributed by atoms with Crippen LogP contribution in [0.15, 0.2) is 24.3 Å². The van der Waals surface area contributed by atoms with Crippen LogP contribution in [-0.2, 0) is 16.4 Å². The van der Waals surface area contributed by atoms with Gasteiger partial charge in [0.2, 0.25) is 10.0 Å². The smallest absolute Gasteiger partial charge is 0.212 e. The largest absolute Gasteiger partial charge is 0.313 e. The van der Waals surface area contributed by atoms with Crippen LogP contribution in [0.2, 0.25) is 0 Å². The van der Waals surface area contributed by atoms with E-state index in [-0.39, 0.29) is 5.75 Å². The third-order valence-electron chi connectivity index (χ3n) is 3.43. The van der Waals surface area contributed by atoms with Crippen molar-refractivity contribution < 1.29 is 8.42 Å². The Balaban J connectivity index is 1.77. The highest BCUT2D eigenvalue weighted by Crippen LogP contribution is 2.34. The summed E-state index contributed by atoms with van der Waals surface area (Å²) in [6.45, 7) is 5.02. The van der Waals surface area contributed by atoms with Crippen molar-refractivity contribution in [2.45, 2.75) is 32.2 Å². The van der Waals surface area contributed by atoms with Gasteiger partial charge >= 0.3 is 0 Å². The van der Waals surface area contributed by atoms with E-state index >= 15 is 0 Å². The maximum Gasteiger partial charge on any atom is 0.212 e. The fourth-order valence-electron chi connectivity index (χ4n) is 2.33. The Hall–Kier alpha value is -0.910. The molecule has 1 atom stereocenters. The van der Waals surface area contributed by atoms with Gasteiger partial charge in [0.25, 0.3) is 0 Å². The first-order chi connectivity index (χ1) is 8.98. The van der Waals surface area contributed by atoms with E-state index in [1.165, 1.54) is 11.1 Å². The summed E-state index contributed by atoms with van der Waals surface area (Å²) in [5.74, 6) is 0.476. The second-order valence-electron chi connectivity index (χ2n) is 5.38. The summed E-state index contributed by atoms with van der Waals surface area (Å²) >= 11 is 0. The molecule has 1 aromatic rings. The maximum absolute atomic E-state index is 11.8. The van der Waals surface area contributed by atoms with E-state index in [9.17, 15) is 8.42 Å². The van der Waals surface area contributed by atoms with E-state index in [0.29, 0.717) is 25.0 Å². The van der Waals surface area contributed by atoms with Crippen molar-refractivity contribution in [3.63, 3.8) is 0 Å². The van der Waals surface area contributed by atoms with Gasteiger partial charge in [-0.1, -0.05) is 38.1 Å². The Morgan fingerprint density at radius 3 is 2.74 bits per heavy atom. The first kappa shape index (κ1) is 14.5. The molecule has 0 fully saturated rings. The van der Waals surface area contributed by atoms with Crippen molar-refractivity contribution >= 4 is 10.0 Å². The Bertz CT molecular complexity index is 526. The molecule has 1 aromatic carbocycles. The number of benzene rings is 1. The summed E-state index contributed by atoms with van der Waals surface area (Å²) < 4.78 is 26.3. The molecular weight excluding hydrogens is 260 g/mol. The van der Waals surface area contributed by atoms with Gasteiger partial charge in [0.15, 0.2) is 0 Å². The average molecular weight is 282 g/mol. The summed E-state index contributed by atoms with van der Waals surface area (Å²) in [4.78, 5) is 0. The molecule has 0 aromatic heterocycles. The van der Waals surface area contributed by atoms with Gasteiger partial charge in [-0.2, -0.15) is 0 Å². The zero-order valence-corrected chi connectivity index (χ0v) is 12.3.